The predicted molar refractivity (Wildman–Crippen MR) is 53.6 cm³/mol. The van der Waals surface area contributed by atoms with Gasteiger partial charge in [-0.2, -0.15) is 0 Å². The fourth-order valence-electron chi connectivity index (χ4n) is 1.19. The normalized spacial score (nSPS) is 12.4. The molecule has 82 valence electrons. The molecule has 0 aromatic carbocycles. The predicted octanol–water partition coefficient (Wildman–Crippen LogP) is 1.66. The van der Waals surface area contributed by atoms with Crippen molar-refractivity contribution in [2.45, 2.75) is 26.4 Å². The van der Waals surface area contributed by atoms with Gasteiger partial charge in [-0.1, -0.05) is 6.92 Å². The molecule has 0 saturated heterocycles. The molecule has 5 heteroatoms. The average Bonchev–Trinajstić information content (AvgIpc) is 2.26. The smallest absolute Gasteiger partial charge is 0.338 e. The maximum atomic E-state index is 10.6. The van der Waals surface area contributed by atoms with Crippen LogP contribution in [0.2, 0.25) is 0 Å². The summed E-state index contributed by atoms with van der Waals surface area (Å²) in [4.78, 5) is 18.5. The van der Waals surface area contributed by atoms with Crippen LogP contribution in [-0.2, 0) is 4.74 Å². The molecule has 0 bridgehead atoms. The Labute approximate surface area is 88.1 Å². The van der Waals surface area contributed by atoms with Crippen molar-refractivity contribution >= 4 is 5.97 Å². The summed E-state index contributed by atoms with van der Waals surface area (Å²) in [6.07, 6.45) is 3.21. The Kier molecular flexibility index (Phi) is 4.17. The minimum absolute atomic E-state index is 0.0881. The fraction of sp³-hybridized carbons (Fsp3) is 0.500. The molecule has 0 radical (unpaired) electrons. The largest absolute Gasteiger partial charge is 0.478 e. The number of carboxylic acids is 1. The molecule has 0 aliphatic carbocycles. The number of hydrogen-bond donors (Lipinski definition) is 1. The van der Waals surface area contributed by atoms with E-state index in [2.05, 4.69) is 9.97 Å². The molecule has 0 amide bonds. The van der Waals surface area contributed by atoms with E-state index in [1.165, 1.54) is 12.4 Å². The summed E-state index contributed by atoms with van der Waals surface area (Å²) < 4.78 is 5.41. The van der Waals surface area contributed by atoms with Crippen LogP contribution in [0.15, 0.2) is 12.4 Å². The molecule has 1 rings (SSSR count). The topological polar surface area (TPSA) is 72.3 Å². The summed E-state index contributed by atoms with van der Waals surface area (Å²) in [5.41, 5.74) is 0.0881. The summed E-state index contributed by atoms with van der Waals surface area (Å²) in [7, 11) is 0. The summed E-state index contributed by atoms with van der Waals surface area (Å²) in [5.74, 6) is -0.490. The summed E-state index contributed by atoms with van der Waals surface area (Å²) in [6.45, 7) is 4.45. The van der Waals surface area contributed by atoms with Crippen LogP contribution < -0.4 is 0 Å². The van der Waals surface area contributed by atoms with Crippen LogP contribution in [0.3, 0.4) is 0 Å². The molecule has 0 aliphatic heterocycles. The quantitative estimate of drug-likeness (QED) is 0.800. The second-order valence-corrected chi connectivity index (χ2v) is 2.99. The SMILES string of the molecule is CCOC(CC)c1ncc(C(=O)O)cn1. The Morgan fingerprint density at radius 2 is 2.07 bits per heavy atom. The van der Waals surface area contributed by atoms with Gasteiger partial charge in [0.05, 0.1) is 5.56 Å². The van der Waals surface area contributed by atoms with Gasteiger partial charge in [0.1, 0.15) is 6.10 Å². The monoisotopic (exact) mass is 210 g/mol. The molecule has 1 N–H and O–H groups in total. The van der Waals surface area contributed by atoms with Crippen molar-refractivity contribution in [1.29, 1.82) is 0 Å². The number of carboxylic acid groups (broad SMARTS) is 1. The van der Waals surface area contributed by atoms with E-state index < -0.39 is 5.97 Å². The Morgan fingerprint density at radius 1 is 1.47 bits per heavy atom. The highest BCUT2D eigenvalue weighted by atomic mass is 16.5. The van der Waals surface area contributed by atoms with Crippen LogP contribution in [0, 0.1) is 0 Å². The number of hydrogen-bond acceptors (Lipinski definition) is 4. The van der Waals surface area contributed by atoms with Crippen molar-refractivity contribution in [3.8, 4) is 0 Å². The first-order chi connectivity index (χ1) is 7.19. The maximum absolute atomic E-state index is 10.6. The summed E-state index contributed by atoms with van der Waals surface area (Å²) >= 11 is 0. The third-order valence-electron chi connectivity index (χ3n) is 1.95. The molecule has 1 aromatic rings. The van der Waals surface area contributed by atoms with Crippen LogP contribution in [-0.4, -0.2) is 27.7 Å². The van der Waals surface area contributed by atoms with Crippen LogP contribution in [0.5, 0.6) is 0 Å². The lowest BCUT2D eigenvalue weighted by atomic mass is 10.2. The average molecular weight is 210 g/mol. The standard InChI is InChI=1S/C10H14N2O3/c1-3-8(15-4-2)9-11-5-7(6-12-9)10(13)14/h5-6,8H,3-4H2,1-2H3,(H,13,14). The zero-order valence-electron chi connectivity index (χ0n) is 8.80. The molecular weight excluding hydrogens is 196 g/mol. The number of rotatable bonds is 5. The van der Waals surface area contributed by atoms with E-state index in [1.54, 1.807) is 0 Å². The molecule has 1 heterocycles. The first kappa shape index (κ1) is 11.6. The lowest BCUT2D eigenvalue weighted by Crippen LogP contribution is -2.09. The third kappa shape index (κ3) is 2.99. The molecule has 1 aromatic heterocycles. The highest BCUT2D eigenvalue weighted by molar-refractivity contribution is 5.86. The molecule has 0 spiro atoms. The van der Waals surface area contributed by atoms with Crippen LogP contribution in [0.4, 0.5) is 0 Å². The first-order valence-electron chi connectivity index (χ1n) is 4.85. The second-order valence-electron chi connectivity index (χ2n) is 2.99. The van der Waals surface area contributed by atoms with E-state index >= 15 is 0 Å². The van der Waals surface area contributed by atoms with Crippen LogP contribution >= 0.6 is 0 Å². The molecule has 5 nitrogen and oxygen atoms in total. The third-order valence-corrected chi connectivity index (χ3v) is 1.95. The minimum atomic E-state index is -1.02. The van der Waals surface area contributed by atoms with Gasteiger partial charge < -0.3 is 9.84 Å². The van der Waals surface area contributed by atoms with Gasteiger partial charge in [-0.05, 0) is 13.3 Å². The van der Waals surface area contributed by atoms with E-state index in [0.717, 1.165) is 6.42 Å². The van der Waals surface area contributed by atoms with Crippen molar-refractivity contribution in [2.75, 3.05) is 6.61 Å². The van der Waals surface area contributed by atoms with Crippen LogP contribution in [0.1, 0.15) is 42.6 Å². The summed E-state index contributed by atoms with van der Waals surface area (Å²) in [5, 5.41) is 8.66. The van der Waals surface area contributed by atoms with Crippen molar-refractivity contribution in [3.05, 3.63) is 23.8 Å². The molecular formula is C10H14N2O3. The Balaban J connectivity index is 2.81. The van der Waals surface area contributed by atoms with Gasteiger partial charge in [-0.3, -0.25) is 0 Å². The Bertz CT molecular complexity index is 324. The van der Waals surface area contributed by atoms with E-state index in [0.29, 0.717) is 12.4 Å². The van der Waals surface area contributed by atoms with Gasteiger partial charge in [-0.25, -0.2) is 14.8 Å². The zero-order chi connectivity index (χ0) is 11.3. The van der Waals surface area contributed by atoms with Crippen molar-refractivity contribution in [2.24, 2.45) is 0 Å². The fourth-order valence-corrected chi connectivity index (χ4v) is 1.19. The van der Waals surface area contributed by atoms with Crippen molar-refractivity contribution < 1.29 is 14.6 Å². The second kappa shape index (κ2) is 5.41. The molecule has 15 heavy (non-hydrogen) atoms. The number of ether oxygens (including phenoxy) is 1. The minimum Gasteiger partial charge on any atom is -0.478 e. The molecule has 1 unspecified atom stereocenters. The Morgan fingerprint density at radius 3 is 2.47 bits per heavy atom. The van der Waals surface area contributed by atoms with E-state index in [4.69, 9.17) is 9.84 Å². The number of aromatic carboxylic acids is 1. The van der Waals surface area contributed by atoms with Gasteiger partial charge >= 0.3 is 5.97 Å². The molecule has 0 fully saturated rings. The van der Waals surface area contributed by atoms with E-state index in [9.17, 15) is 4.79 Å². The van der Waals surface area contributed by atoms with Crippen molar-refractivity contribution in [1.82, 2.24) is 9.97 Å². The molecule has 0 aliphatic rings. The number of nitrogens with zero attached hydrogens (tertiary/aromatic N) is 2. The van der Waals surface area contributed by atoms with Gasteiger partial charge in [0.25, 0.3) is 0 Å². The maximum Gasteiger partial charge on any atom is 0.338 e. The highest BCUT2D eigenvalue weighted by Gasteiger charge is 2.13. The number of aromatic nitrogens is 2. The first-order valence-corrected chi connectivity index (χ1v) is 4.85. The van der Waals surface area contributed by atoms with Gasteiger partial charge in [0.15, 0.2) is 5.82 Å². The van der Waals surface area contributed by atoms with Crippen LogP contribution in [0.25, 0.3) is 0 Å². The molecule has 1 atom stereocenters. The van der Waals surface area contributed by atoms with E-state index in [1.807, 2.05) is 13.8 Å². The summed E-state index contributed by atoms with van der Waals surface area (Å²) in [6, 6.07) is 0. The molecule has 0 saturated carbocycles. The van der Waals surface area contributed by atoms with Gasteiger partial charge in [0.2, 0.25) is 0 Å². The van der Waals surface area contributed by atoms with Gasteiger partial charge in [0, 0.05) is 19.0 Å². The van der Waals surface area contributed by atoms with Crippen molar-refractivity contribution in [3.63, 3.8) is 0 Å². The highest BCUT2D eigenvalue weighted by Crippen LogP contribution is 2.16. The van der Waals surface area contributed by atoms with E-state index in [-0.39, 0.29) is 11.7 Å². The zero-order valence-corrected chi connectivity index (χ0v) is 8.80. The number of carbonyl (C=O) groups is 1. The lowest BCUT2D eigenvalue weighted by molar-refractivity contribution is 0.0532. The lowest BCUT2D eigenvalue weighted by Gasteiger charge is -2.12. The van der Waals surface area contributed by atoms with Gasteiger partial charge in [-0.15, -0.1) is 0 Å². The Hall–Kier alpha value is -1.49.